The molecule has 1 aliphatic carbocycles. The highest BCUT2D eigenvalue weighted by atomic mass is 19.3. The molecule has 1 saturated carbocycles. The van der Waals surface area contributed by atoms with E-state index in [4.69, 9.17) is 11.5 Å². The number of primary amides is 1. The maximum atomic E-state index is 14.0. The summed E-state index contributed by atoms with van der Waals surface area (Å²) in [4.78, 5) is 16.0. The third-order valence-corrected chi connectivity index (χ3v) is 5.62. The third kappa shape index (κ3) is 3.88. The van der Waals surface area contributed by atoms with E-state index in [1.54, 1.807) is 0 Å². The molecule has 8 nitrogen and oxygen atoms in total. The van der Waals surface area contributed by atoms with Crippen LogP contribution in [0.3, 0.4) is 0 Å². The first-order chi connectivity index (χ1) is 14.2. The molecule has 0 spiro atoms. The van der Waals surface area contributed by atoms with Crippen molar-refractivity contribution in [2.24, 2.45) is 23.5 Å². The summed E-state index contributed by atoms with van der Waals surface area (Å²) in [6, 6.07) is 5.85. The van der Waals surface area contributed by atoms with Gasteiger partial charge < -0.3 is 26.7 Å². The molecule has 0 bridgehead atoms. The van der Waals surface area contributed by atoms with Crippen LogP contribution in [0.4, 0.5) is 14.5 Å². The Balaban J connectivity index is 1.52. The Kier molecular flexibility index (Phi) is 5.20. The van der Waals surface area contributed by atoms with E-state index >= 15 is 0 Å². The lowest BCUT2D eigenvalue weighted by Gasteiger charge is -2.38. The number of aryl methyl sites for hydroxylation is 1. The highest BCUT2D eigenvalue weighted by Gasteiger charge is 2.45. The van der Waals surface area contributed by atoms with Crippen LogP contribution in [0.2, 0.25) is 0 Å². The Morgan fingerprint density at radius 3 is 2.93 bits per heavy atom. The summed E-state index contributed by atoms with van der Waals surface area (Å²) in [5.41, 5.74) is 13.0. The zero-order valence-corrected chi connectivity index (χ0v) is 16.5. The molecule has 0 radical (unpaired) electrons. The highest BCUT2D eigenvalue weighted by molar-refractivity contribution is 5.95. The van der Waals surface area contributed by atoms with Gasteiger partial charge >= 0.3 is 0 Å². The van der Waals surface area contributed by atoms with E-state index in [2.05, 4.69) is 20.9 Å². The van der Waals surface area contributed by atoms with Gasteiger partial charge in [0, 0.05) is 48.5 Å². The quantitative estimate of drug-likeness (QED) is 0.503. The number of nitrogens with zero attached hydrogens (tertiary/aromatic N) is 2. The van der Waals surface area contributed by atoms with Crippen LogP contribution in [-0.2, 0) is 11.8 Å². The molecule has 2 aromatic rings. The molecule has 1 aromatic heterocycles. The summed E-state index contributed by atoms with van der Waals surface area (Å²) >= 11 is 0. The van der Waals surface area contributed by atoms with Gasteiger partial charge in [0.2, 0.25) is 0 Å². The number of nitrogens with one attached hydrogen (secondary N) is 3. The van der Waals surface area contributed by atoms with Crippen molar-refractivity contribution in [3.8, 4) is 0 Å². The van der Waals surface area contributed by atoms with Crippen molar-refractivity contribution in [3.05, 3.63) is 42.0 Å². The number of aromatic nitrogens is 1. The number of nitrogens with two attached hydrogens (primary N) is 2. The van der Waals surface area contributed by atoms with Crippen LogP contribution in [0.25, 0.3) is 10.9 Å². The first-order valence-corrected chi connectivity index (χ1v) is 9.81. The number of hydrogen-bond acceptors (Lipinski definition) is 6. The minimum atomic E-state index is -2.91. The standard InChI is InChI=1S/C20H25F2N7O/c1-29-8-6-11-9-12(4-5-14(11)29)26-19-16(18(24)30)25-10-15(28-19)27-13-3-2-7-20(21,22)17(13)23/h4-6,8-10,13,15,17,26-28H,2-3,7,23H2,1H3,(H2,24,30)/t13?,15?,17-/m1/s1. The molecule has 1 fully saturated rings. The number of hydrogen-bond donors (Lipinski definition) is 5. The van der Waals surface area contributed by atoms with Crippen molar-refractivity contribution < 1.29 is 13.6 Å². The predicted octanol–water partition coefficient (Wildman–Crippen LogP) is 1.35. The van der Waals surface area contributed by atoms with Crippen LogP contribution in [0, 0.1) is 0 Å². The van der Waals surface area contributed by atoms with Gasteiger partial charge in [-0.1, -0.05) is 0 Å². The fourth-order valence-electron chi connectivity index (χ4n) is 3.96. The van der Waals surface area contributed by atoms with E-state index in [0.29, 0.717) is 18.7 Å². The molecule has 160 valence electrons. The second kappa shape index (κ2) is 7.69. The normalized spacial score (nSPS) is 25.9. The molecule has 30 heavy (non-hydrogen) atoms. The lowest BCUT2D eigenvalue weighted by Crippen LogP contribution is -2.62. The maximum absolute atomic E-state index is 14.0. The average Bonchev–Trinajstić information content (AvgIpc) is 3.06. The number of fused-ring (bicyclic) bond motifs is 1. The van der Waals surface area contributed by atoms with Crippen LogP contribution >= 0.6 is 0 Å². The fourth-order valence-corrected chi connectivity index (χ4v) is 3.96. The number of amides is 1. The van der Waals surface area contributed by atoms with E-state index in [1.807, 2.05) is 42.1 Å². The number of alkyl halides is 2. The molecule has 1 aromatic carbocycles. The number of rotatable bonds is 5. The van der Waals surface area contributed by atoms with E-state index < -0.39 is 30.1 Å². The van der Waals surface area contributed by atoms with Crippen molar-refractivity contribution in [3.63, 3.8) is 0 Å². The van der Waals surface area contributed by atoms with Crippen molar-refractivity contribution in [1.29, 1.82) is 0 Å². The number of anilines is 1. The number of carbonyl (C=O) groups excluding carboxylic acids is 1. The van der Waals surface area contributed by atoms with Gasteiger partial charge in [0.05, 0.1) is 6.04 Å². The van der Waals surface area contributed by atoms with Crippen molar-refractivity contribution in [1.82, 2.24) is 15.2 Å². The van der Waals surface area contributed by atoms with Gasteiger partial charge in [0.1, 0.15) is 12.0 Å². The third-order valence-electron chi connectivity index (χ3n) is 5.62. The first-order valence-electron chi connectivity index (χ1n) is 9.81. The summed E-state index contributed by atoms with van der Waals surface area (Å²) < 4.78 is 29.9. The van der Waals surface area contributed by atoms with Crippen molar-refractivity contribution in [2.45, 2.75) is 43.4 Å². The van der Waals surface area contributed by atoms with Crippen LogP contribution in [0.1, 0.15) is 19.3 Å². The fraction of sp³-hybridized carbons (Fsp3) is 0.400. The zero-order valence-electron chi connectivity index (χ0n) is 16.5. The second-order valence-electron chi connectivity index (χ2n) is 7.77. The van der Waals surface area contributed by atoms with Crippen molar-refractivity contribution >= 4 is 28.7 Å². The molecule has 1 amide bonds. The second-order valence-corrected chi connectivity index (χ2v) is 7.77. The maximum Gasteiger partial charge on any atom is 0.271 e. The van der Waals surface area contributed by atoms with E-state index in [1.165, 1.54) is 6.21 Å². The van der Waals surface area contributed by atoms with Gasteiger partial charge in [-0.05, 0) is 37.1 Å². The van der Waals surface area contributed by atoms with Crippen LogP contribution in [0.5, 0.6) is 0 Å². The summed E-state index contributed by atoms with van der Waals surface area (Å²) in [6.45, 7) is 0. The number of carbonyl (C=O) groups is 1. The minimum absolute atomic E-state index is 0.0273. The Morgan fingerprint density at radius 2 is 2.17 bits per heavy atom. The summed E-state index contributed by atoms with van der Waals surface area (Å²) in [6.07, 6.45) is 3.51. The summed E-state index contributed by atoms with van der Waals surface area (Å²) in [5.74, 6) is -3.32. The molecular weight excluding hydrogens is 392 g/mol. The lowest BCUT2D eigenvalue weighted by molar-refractivity contribution is -0.114. The minimum Gasteiger partial charge on any atom is -0.364 e. The zero-order chi connectivity index (χ0) is 21.5. The Morgan fingerprint density at radius 1 is 1.37 bits per heavy atom. The van der Waals surface area contributed by atoms with Gasteiger partial charge in [-0.25, -0.2) is 13.8 Å². The molecule has 1 aliphatic heterocycles. The number of benzene rings is 1. The van der Waals surface area contributed by atoms with E-state index in [-0.39, 0.29) is 12.1 Å². The predicted molar refractivity (Wildman–Crippen MR) is 112 cm³/mol. The summed E-state index contributed by atoms with van der Waals surface area (Å²) in [5, 5.41) is 10.3. The molecule has 2 heterocycles. The highest BCUT2D eigenvalue weighted by Crippen LogP contribution is 2.32. The Labute approximate surface area is 172 Å². The van der Waals surface area contributed by atoms with Gasteiger partial charge in [0.25, 0.3) is 11.8 Å². The van der Waals surface area contributed by atoms with Crippen molar-refractivity contribution in [2.75, 3.05) is 5.32 Å². The molecule has 0 saturated heterocycles. The largest absolute Gasteiger partial charge is 0.364 e. The molecule has 3 atom stereocenters. The smallest absolute Gasteiger partial charge is 0.271 e. The van der Waals surface area contributed by atoms with Gasteiger partial charge in [-0.3, -0.25) is 10.1 Å². The summed E-state index contributed by atoms with van der Waals surface area (Å²) in [7, 11) is 1.95. The van der Waals surface area contributed by atoms with Gasteiger partial charge in [-0.15, -0.1) is 0 Å². The molecule has 7 N–H and O–H groups in total. The lowest BCUT2D eigenvalue weighted by atomic mass is 9.87. The molecule has 10 heteroatoms. The van der Waals surface area contributed by atoms with E-state index in [9.17, 15) is 13.6 Å². The molecule has 4 rings (SSSR count). The molecule has 2 aliphatic rings. The average molecular weight is 417 g/mol. The number of aliphatic imine (C=N–C) groups is 1. The van der Waals surface area contributed by atoms with Crippen LogP contribution in [-0.4, -0.2) is 40.9 Å². The Hall–Kier alpha value is -2.98. The van der Waals surface area contributed by atoms with E-state index in [0.717, 1.165) is 16.6 Å². The molecule has 2 unspecified atom stereocenters. The Bertz CT molecular complexity index is 1030. The van der Waals surface area contributed by atoms with Crippen LogP contribution in [0.15, 0.2) is 47.0 Å². The first kappa shape index (κ1) is 20.3. The molecular formula is C20H25F2N7O. The topological polar surface area (TPSA) is 122 Å². The van der Waals surface area contributed by atoms with Gasteiger partial charge in [-0.2, -0.15) is 0 Å². The van der Waals surface area contributed by atoms with Crippen LogP contribution < -0.4 is 27.4 Å². The monoisotopic (exact) mass is 417 g/mol. The van der Waals surface area contributed by atoms with Gasteiger partial charge in [0.15, 0.2) is 5.70 Å². The SMILES string of the molecule is Cn1ccc2cc(NC3=C(C(N)=O)N=CC(NC4CCCC(F)(F)[C@@H]4N)N3)ccc21. The number of halogens is 2.